The number of alkyl halides is 4. The average Bonchev–Trinajstić information content (AvgIpc) is 2.94. The SMILES string of the molecule is CC(=O)Nc1cnc(CNc2cc(NC(=O)c3ccc(CN4CCN(CCI)CC4)c(C(F)(F)F)c3)ccc2C)cn1. The van der Waals surface area contributed by atoms with E-state index in [2.05, 4.69) is 53.4 Å². The van der Waals surface area contributed by atoms with Gasteiger partial charge in [-0.1, -0.05) is 34.7 Å². The third-order valence-corrected chi connectivity index (χ3v) is 7.38. The molecule has 0 radical (unpaired) electrons. The molecule has 9 nitrogen and oxygen atoms in total. The zero-order valence-electron chi connectivity index (χ0n) is 23.4. The number of rotatable bonds is 10. The molecule has 2 heterocycles. The minimum atomic E-state index is -4.58. The summed E-state index contributed by atoms with van der Waals surface area (Å²) < 4.78 is 43.1. The number of nitrogens with zero attached hydrogens (tertiary/aromatic N) is 4. The zero-order valence-corrected chi connectivity index (χ0v) is 25.6. The van der Waals surface area contributed by atoms with Gasteiger partial charge in [0, 0.05) is 67.6 Å². The van der Waals surface area contributed by atoms with E-state index in [9.17, 15) is 22.8 Å². The topological polar surface area (TPSA) is 102 Å². The Bertz CT molecular complexity index is 1390. The Hall–Kier alpha value is -3.30. The molecule has 224 valence electrons. The van der Waals surface area contributed by atoms with E-state index in [0.29, 0.717) is 42.5 Å². The molecule has 0 atom stereocenters. The van der Waals surface area contributed by atoms with Crippen molar-refractivity contribution in [2.75, 3.05) is 53.1 Å². The van der Waals surface area contributed by atoms with Crippen LogP contribution in [0.2, 0.25) is 0 Å². The summed E-state index contributed by atoms with van der Waals surface area (Å²) >= 11 is 2.32. The number of piperazine rings is 1. The van der Waals surface area contributed by atoms with E-state index in [0.717, 1.165) is 35.7 Å². The number of aromatic nitrogens is 2. The van der Waals surface area contributed by atoms with Gasteiger partial charge in [0.15, 0.2) is 5.82 Å². The number of amides is 2. The summed E-state index contributed by atoms with van der Waals surface area (Å²) in [6.45, 7) is 7.83. The van der Waals surface area contributed by atoms with Gasteiger partial charge in [-0.25, -0.2) is 4.98 Å². The first-order valence-electron chi connectivity index (χ1n) is 13.5. The van der Waals surface area contributed by atoms with Crippen molar-refractivity contribution in [3.05, 3.63) is 76.7 Å². The number of anilines is 3. The standard InChI is InChI=1S/C29H33F3IN7O2/c1-19-3-6-23(14-26(19)35-15-24-16-36-27(17-34-24)37-20(2)41)38-28(42)21-4-5-22(25(13-21)29(30,31)32)18-40-11-9-39(8-7-33)10-12-40/h3-6,13-14,16-17,35H,7-12,15,18H2,1-2H3,(H,38,42)(H,36,37,41). The monoisotopic (exact) mass is 695 g/mol. The molecular weight excluding hydrogens is 662 g/mol. The Labute approximate surface area is 256 Å². The molecule has 1 aromatic heterocycles. The quantitative estimate of drug-likeness (QED) is 0.199. The fourth-order valence-corrected chi connectivity index (χ4v) is 5.30. The number of hydrogen-bond donors (Lipinski definition) is 3. The molecule has 4 rings (SSSR count). The highest BCUT2D eigenvalue weighted by atomic mass is 127. The predicted molar refractivity (Wildman–Crippen MR) is 165 cm³/mol. The van der Waals surface area contributed by atoms with Gasteiger partial charge in [0.1, 0.15) is 0 Å². The summed E-state index contributed by atoms with van der Waals surface area (Å²) in [5.41, 5.74) is 1.98. The average molecular weight is 696 g/mol. The maximum absolute atomic E-state index is 14.0. The molecule has 3 aromatic rings. The molecule has 1 fully saturated rings. The number of nitrogens with one attached hydrogen (secondary N) is 3. The molecule has 1 saturated heterocycles. The first kappa shape index (κ1) is 31.6. The van der Waals surface area contributed by atoms with Crippen LogP contribution < -0.4 is 16.0 Å². The normalized spacial score (nSPS) is 14.4. The fourth-order valence-electron chi connectivity index (χ4n) is 4.62. The van der Waals surface area contributed by atoms with Crippen LogP contribution in [0, 0.1) is 6.92 Å². The molecule has 0 saturated carbocycles. The van der Waals surface area contributed by atoms with Crippen LogP contribution in [0.5, 0.6) is 0 Å². The summed E-state index contributed by atoms with van der Waals surface area (Å²) in [5.74, 6) is -0.529. The molecule has 1 aliphatic rings. The molecule has 13 heteroatoms. The summed E-state index contributed by atoms with van der Waals surface area (Å²) in [7, 11) is 0. The number of carbonyl (C=O) groups is 2. The molecule has 0 spiro atoms. The van der Waals surface area contributed by atoms with Crippen LogP contribution in [-0.2, 0) is 24.1 Å². The molecule has 2 aromatic carbocycles. The maximum Gasteiger partial charge on any atom is 0.416 e. The van der Waals surface area contributed by atoms with E-state index in [1.54, 1.807) is 18.2 Å². The lowest BCUT2D eigenvalue weighted by molar-refractivity contribution is -0.138. The summed E-state index contributed by atoms with van der Waals surface area (Å²) in [6.07, 6.45) is -1.60. The highest BCUT2D eigenvalue weighted by molar-refractivity contribution is 14.1. The maximum atomic E-state index is 14.0. The Balaban J connectivity index is 1.42. The van der Waals surface area contributed by atoms with Gasteiger partial charge in [-0.2, -0.15) is 13.2 Å². The second-order valence-corrected chi connectivity index (χ2v) is 11.2. The van der Waals surface area contributed by atoms with E-state index < -0.39 is 17.6 Å². The number of benzene rings is 2. The zero-order chi connectivity index (χ0) is 30.3. The molecular formula is C29H33F3IN7O2. The minimum absolute atomic E-state index is 0.0671. The largest absolute Gasteiger partial charge is 0.416 e. The van der Waals surface area contributed by atoms with E-state index in [4.69, 9.17) is 0 Å². The van der Waals surface area contributed by atoms with Crippen LogP contribution in [0.15, 0.2) is 48.8 Å². The molecule has 3 N–H and O–H groups in total. The Morgan fingerprint density at radius 3 is 2.36 bits per heavy atom. The van der Waals surface area contributed by atoms with Gasteiger partial charge >= 0.3 is 6.18 Å². The first-order valence-corrected chi connectivity index (χ1v) is 15.0. The van der Waals surface area contributed by atoms with Crippen molar-refractivity contribution in [1.29, 1.82) is 0 Å². The fraction of sp³-hybridized carbons (Fsp3) is 0.379. The molecule has 2 amide bonds. The van der Waals surface area contributed by atoms with E-state index in [1.807, 2.05) is 11.8 Å². The van der Waals surface area contributed by atoms with Crippen molar-refractivity contribution < 1.29 is 22.8 Å². The Morgan fingerprint density at radius 2 is 1.71 bits per heavy atom. The van der Waals surface area contributed by atoms with Crippen LogP contribution in [0.25, 0.3) is 0 Å². The summed E-state index contributed by atoms with van der Waals surface area (Å²) in [4.78, 5) is 36.9. The number of aryl methyl sites for hydroxylation is 1. The lowest BCUT2D eigenvalue weighted by atomic mass is 10.0. The predicted octanol–water partition coefficient (Wildman–Crippen LogP) is 5.18. The Kier molecular flexibility index (Phi) is 10.7. The van der Waals surface area contributed by atoms with Crippen molar-refractivity contribution >= 4 is 51.6 Å². The van der Waals surface area contributed by atoms with Crippen molar-refractivity contribution in [2.45, 2.75) is 33.1 Å². The second-order valence-electron chi connectivity index (χ2n) is 10.1. The van der Waals surface area contributed by atoms with Crippen LogP contribution >= 0.6 is 22.6 Å². The van der Waals surface area contributed by atoms with Gasteiger partial charge < -0.3 is 20.9 Å². The summed E-state index contributed by atoms with van der Waals surface area (Å²) in [6, 6.07) is 9.00. The lowest BCUT2D eigenvalue weighted by Crippen LogP contribution is -2.46. The van der Waals surface area contributed by atoms with Gasteiger partial charge in [0.2, 0.25) is 5.91 Å². The summed E-state index contributed by atoms with van der Waals surface area (Å²) in [5, 5.41) is 8.50. The van der Waals surface area contributed by atoms with Gasteiger partial charge in [-0.3, -0.25) is 19.5 Å². The molecule has 42 heavy (non-hydrogen) atoms. The first-order chi connectivity index (χ1) is 20.0. The smallest absolute Gasteiger partial charge is 0.379 e. The lowest BCUT2D eigenvalue weighted by Gasteiger charge is -2.34. The van der Waals surface area contributed by atoms with Gasteiger partial charge in [0.05, 0.1) is 30.2 Å². The van der Waals surface area contributed by atoms with Crippen LogP contribution in [0.3, 0.4) is 0 Å². The molecule has 0 aliphatic carbocycles. The minimum Gasteiger partial charge on any atom is -0.379 e. The van der Waals surface area contributed by atoms with Crippen LogP contribution in [0.4, 0.5) is 30.4 Å². The van der Waals surface area contributed by atoms with Crippen molar-refractivity contribution in [2.24, 2.45) is 0 Å². The Morgan fingerprint density at radius 1 is 0.976 bits per heavy atom. The molecule has 1 aliphatic heterocycles. The van der Waals surface area contributed by atoms with Crippen LogP contribution in [-0.4, -0.2) is 68.7 Å². The third-order valence-electron chi connectivity index (χ3n) is 6.90. The van der Waals surface area contributed by atoms with Crippen molar-refractivity contribution in [3.63, 3.8) is 0 Å². The number of hydrogen-bond acceptors (Lipinski definition) is 7. The van der Waals surface area contributed by atoms with Crippen molar-refractivity contribution in [1.82, 2.24) is 19.8 Å². The van der Waals surface area contributed by atoms with Gasteiger partial charge in [-0.15, -0.1) is 0 Å². The molecule has 0 bridgehead atoms. The number of halogens is 4. The van der Waals surface area contributed by atoms with Gasteiger partial charge in [-0.05, 0) is 42.3 Å². The van der Waals surface area contributed by atoms with Crippen LogP contribution in [0.1, 0.15) is 39.7 Å². The second kappa shape index (κ2) is 14.2. The van der Waals surface area contributed by atoms with E-state index in [-0.39, 0.29) is 23.6 Å². The van der Waals surface area contributed by atoms with Crippen molar-refractivity contribution in [3.8, 4) is 0 Å². The van der Waals surface area contributed by atoms with E-state index in [1.165, 1.54) is 31.5 Å². The van der Waals surface area contributed by atoms with E-state index >= 15 is 0 Å². The third kappa shape index (κ3) is 8.85. The highest BCUT2D eigenvalue weighted by Gasteiger charge is 2.34. The highest BCUT2D eigenvalue weighted by Crippen LogP contribution is 2.34. The molecule has 0 unspecified atom stereocenters. The number of carbonyl (C=O) groups excluding carboxylic acids is 2. The van der Waals surface area contributed by atoms with Gasteiger partial charge in [0.25, 0.3) is 5.91 Å².